The summed E-state index contributed by atoms with van der Waals surface area (Å²) in [5.74, 6) is -1.47. The summed E-state index contributed by atoms with van der Waals surface area (Å²) in [6.45, 7) is 3.24. The van der Waals surface area contributed by atoms with Crippen LogP contribution < -0.4 is 20.0 Å². The number of anilines is 2. The molecule has 1 atom stereocenters. The number of benzene rings is 2. The fourth-order valence-electron chi connectivity index (χ4n) is 5.24. The maximum absolute atomic E-state index is 15.7. The molecule has 2 aliphatic rings. The number of carbonyl (C=O) groups is 1. The van der Waals surface area contributed by atoms with Gasteiger partial charge in [-0.05, 0) is 38.0 Å². The molecule has 6 rings (SSSR count). The Hall–Kier alpha value is -4.12. The Kier molecular flexibility index (Phi) is 6.17. The quantitative estimate of drug-likeness (QED) is 0.366. The average molecular weight is 554 g/mol. The van der Waals surface area contributed by atoms with Gasteiger partial charge in [-0.25, -0.2) is 9.18 Å². The van der Waals surface area contributed by atoms with Gasteiger partial charge in [-0.1, -0.05) is 28.8 Å². The smallest absolute Gasteiger partial charge is 0.341 e. The van der Waals surface area contributed by atoms with Crippen LogP contribution in [0, 0.1) is 5.82 Å². The molecule has 2 aromatic carbocycles. The summed E-state index contributed by atoms with van der Waals surface area (Å²) >= 11 is 6.28. The number of hydrogen-bond acceptors (Lipinski definition) is 8. The molecular formula is C27H25ClFN5O5. The van der Waals surface area contributed by atoms with E-state index in [0.29, 0.717) is 47.6 Å². The Bertz CT molecular complexity index is 1670. The normalized spacial score (nSPS) is 17.6. The van der Waals surface area contributed by atoms with Crippen molar-refractivity contribution in [2.45, 2.75) is 31.8 Å². The summed E-state index contributed by atoms with van der Waals surface area (Å²) in [6.07, 6.45) is 3.02. The van der Waals surface area contributed by atoms with Crippen molar-refractivity contribution in [3.8, 4) is 17.2 Å². The van der Waals surface area contributed by atoms with E-state index in [-0.39, 0.29) is 34.5 Å². The Morgan fingerprint density at radius 1 is 1.23 bits per heavy atom. The van der Waals surface area contributed by atoms with Gasteiger partial charge in [-0.15, -0.1) is 5.10 Å². The highest BCUT2D eigenvalue weighted by molar-refractivity contribution is 6.33. The van der Waals surface area contributed by atoms with E-state index >= 15 is 4.39 Å². The Balaban J connectivity index is 1.35. The van der Waals surface area contributed by atoms with Gasteiger partial charge in [0.15, 0.2) is 11.6 Å². The van der Waals surface area contributed by atoms with E-state index in [1.807, 2.05) is 28.9 Å². The van der Waals surface area contributed by atoms with Gasteiger partial charge >= 0.3 is 12.0 Å². The summed E-state index contributed by atoms with van der Waals surface area (Å²) < 4.78 is 29.1. The van der Waals surface area contributed by atoms with Crippen molar-refractivity contribution in [1.29, 1.82) is 0 Å². The molecule has 12 heteroatoms. The number of nitrogens with zero attached hydrogens (tertiary/aromatic N) is 5. The SMILES string of the molecule is COc1c(N2CCN(c3nnc(-c4ccccc4Cl)o3)C(C)C2)c(F)cc2c(=O)c(C(=O)O)cn(C3CC3)c12. The van der Waals surface area contributed by atoms with Crippen LogP contribution in [-0.4, -0.2) is 58.6 Å². The molecule has 202 valence electrons. The number of pyridine rings is 1. The van der Waals surface area contributed by atoms with E-state index in [9.17, 15) is 14.7 Å². The molecule has 0 spiro atoms. The minimum absolute atomic E-state index is 0.00968. The number of carboxylic acids is 1. The molecule has 39 heavy (non-hydrogen) atoms. The van der Waals surface area contributed by atoms with E-state index in [1.165, 1.54) is 13.3 Å². The van der Waals surface area contributed by atoms with Crippen LogP contribution in [0.2, 0.25) is 5.02 Å². The number of aromatic nitrogens is 3. The lowest BCUT2D eigenvalue weighted by atomic mass is 10.1. The first-order chi connectivity index (χ1) is 18.8. The number of ether oxygens (including phenoxy) is 1. The molecule has 1 unspecified atom stereocenters. The van der Waals surface area contributed by atoms with E-state index in [4.69, 9.17) is 20.8 Å². The summed E-state index contributed by atoms with van der Waals surface area (Å²) in [4.78, 5) is 28.5. The summed E-state index contributed by atoms with van der Waals surface area (Å²) in [5, 5.41) is 18.4. The van der Waals surface area contributed by atoms with Crippen LogP contribution in [0.4, 0.5) is 16.1 Å². The number of rotatable bonds is 6. The number of fused-ring (bicyclic) bond motifs is 1. The zero-order valence-corrected chi connectivity index (χ0v) is 22.0. The highest BCUT2D eigenvalue weighted by Crippen LogP contribution is 2.44. The lowest BCUT2D eigenvalue weighted by Crippen LogP contribution is -2.52. The maximum atomic E-state index is 15.7. The van der Waals surface area contributed by atoms with Gasteiger partial charge in [0.05, 0.1) is 28.6 Å². The van der Waals surface area contributed by atoms with Crippen LogP contribution in [0.5, 0.6) is 5.75 Å². The lowest BCUT2D eigenvalue weighted by Gasteiger charge is -2.40. The summed E-state index contributed by atoms with van der Waals surface area (Å²) in [5.41, 5.74) is 0.155. The third kappa shape index (κ3) is 4.26. The molecule has 2 aromatic heterocycles. The van der Waals surface area contributed by atoms with Crippen molar-refractivity contribution < 1.29 is 23.4 Å². The Labute approximate surface area is 227 Å². The van der Waals surface area contributed by atoms with E-state index in [2.05, 4.69) is 10.2 Å². The molecule has 1 N–H and O–H groups in total. The number of aromatic carboxylic acids is 1. The number of carboxylic acid groups (broad SMARTS) is 1. The van der Waals surface area contributed by atoms with Crippen LogP contribution in [0.15, 0.2) is 45.7 Å². The van der Waals surface area contributed by atoms with Crippen molar-refractivity contribution in [3.05, 3.63) is 63.2 Å². The molecule has 1 aliphatic carbocycles. The zero-order valence-electron chi connectivity index (χ0n) is 21.2. The van der Waals surface area contributed by atoms with Gasteiger partial charge in [0.25, 0.3) is 5.89 Å². The maximum Gasteiger partial charge on any atom is 0.341 e. The summed E-state index contributed by atoms with van der Waals surface area (Å²) in [6, 6.07) is 8.56. The first-order valence-electron chi connectivity index (χ1n) is 12.6. The summed E-state index contributed by atoms with van der Waals surface area (Å²) in [7, 11) is 1.43. The highest BCUT2D eigenvalue weighted by Gasteiger charge is 2.34. The van der Waals surface area contributed by atoms with Crippen LogP contribution >= 0.6 is 11.6 Å². The second kappa shape index (κ2) is 9.57. The lowest BCUT2D eigenvalue weighted by molar-refractivity contribution is 0.0694. The average Bonchev–Trinajstić information content (AvgIpc) is 3.65. The van der Waals surface area contributed by atoms with Gasteiger partial charge in [0.1, 0.15) is 11.3 Å². The highest BCUT2D eigenvalue weighted by atomic mass is 35.5. The van der Waals surface area contributed by atoms with Crippen molar-refractivity contribution in [1.82, 2.24) is 14.8 Å². The number of halogens is 2. The topological polar surface area (TPSA) is 114 Å². The molecule has 0 amide bonds. The van der Waals surface area contributed by atoms with Gasteiger partial charge in [0, 0.05) is 37.9 Å². The van der Waals surface area contributed by atoms with Gasteiger partial charge < -0.3 is 28.6 Å². The van der Waals surface area contributed by atoms with Crippen LogP contribution in [0.1, 0.15) is 36.2 Å². The molecule has 0 bridgehead atoms. The first-order valence-corrected chi connectivity index (χ1v) is 12.9. The zero-order chi connectivity index (χ0) is 27.4. The van der Waals surface area contributed by atoms with E-state index in [0.717, 1.165) is 18.9 Å². The van der Waals surface area contributed by atoms with Gasteiger partial charge in [-0.3, -0.25) is 4.79 Å². The molecule has 1 aliphatic heterocycles. The van der Waals surface area contributed by atoms with Crippen molar-refractivity contribution in [3.63, 3.8) is 0 Å². The van der Waals surface area contributed by atoms with Crippen molar-refractivity contribution >= 4 is 40.2 Å². The third-order valence-electron chi connectivity index (χ3n) is 7.28. The van der Waals surface area contributed by atoms with Gasteiger partial charge in [-0.2, -0.15) is 0 Å². The third-order valence-corrected chi connectivity index (χ3v) is 7.61. The molecule has 10 nitrogen and oxygen atoms in total. The predicted molar refractivity (Wildman–Crippen MR) is 144 cm³/mol. The minimum Gasteiger partial charge on any atom is -0.492 e. The Morgan fingerprint density at radius 2 is 2.00 bits per heavy atom. The molecule has 1 saturated heterocycles. The van der Waals surface area contributed by atoms with Crippen LogP contribution in [-0.2, 0) is 0 Å². The fraction of sp³-hybridized carbons (Fsp3) is 0.333. The number of hydrogen-bond donors (Lipinski definition) is 1. The first kappa shape index (κ1) is 25.2. The van der Waals surface area contributed by atoms with Crippen LogP contribution in [0.25, 0.3) is 22.4 Å². The standard InChI is InChI=1S/C27H25ClFN5O5/c1-14-12-32(9-10-33(14)27-31-30-25(39-27)16-5-3-4-6-19(16)28)22-20(29)11-17-21(24(22)38-2)34(15-7-8-15)13-18(23(17)35)26(36)37/h3-6,11,13-15H,7-10,12H2,1-2H3,(H,36,37). The molecule has 4 aromatic rings. The van der Waals surface area contributed by atoms with E-state index in [1.54, 1.807) is 16.7 Å². The predicted octanol–water partition coefficient (Wildman–Crippen LogP) is 4.60. The van der Waals surface area contributed by atoms with Crippen LogP contribution in [0.3, 0.4) is 0 Å². The molecular weight excluding hydrogens is 529 g/mol. The minimum atomic E-state index is -1.34. The molecule has 0 radical (unpaired) electrons. The second-order valence-corrected chi connectivity index (χ2v) is 10.2. The molecule has 1 saturated carbocycles. The fourth-order valence-corrected chi connectivity index (χ4v) is 5.46. The van der Waals surface area contributed by atoms with E-state index < -0.39 is 17.2 Å². The monoisotopic (exact) mass is 553 g/mol. The van der Waals surface area contributed by atoms with Gasteiger partial charge in [0.2, 0.25) is 5.43 Å². The number of piperazine rings is 1. The Morgan fingerprint density at radius 3 is 2.67 bits per heavy atom. The van der Waals surface area contributed by atoms with Crippen molar-refractivity contribution in [2.24, 2.45) is 0 Å². The second-order valence-electron chi connectivity index (χ2n) is 9.81. The molecule has 3 heterocycles. The molecule has 2 fully saturated rings. The number of methoxy groups -OCH3 is 1. The van der Waals surface area contributed by atoms with Crippen molar-refractivity contribution in [2.75, 3.05) is 36.5 Å². The largest absolute Gasteiger partial charge is 0.492 e.